The highest BCUT2D eigenvalue weighted by Gasteiger charge is 2.53. The van der Waals surface area contributed by atoms with Gasteiger partial charge in [0.25, 0.3) is 0 Å². The fourth-order valence-corrected chi connectivity index (χ4v) is 8.72. The van der Waals surface area contributed by atoms with Crippen molar-refractivity contribution in [2.45, 2.75) is 84.1 Å². The van der Waals surface area contributed by atoms with E-state index in [-0.39, 0.29) is 23.6 Å². The number of nitrogens with zero attached hydrogens (tertiary/aromatic N) is 1. The smallest absolute Gasteiger partial charge is 0.223 e. The van der Waals surface area contributed by atoms with Gasteiger partial charge >= 0.3 is 0 Å². The Balaban J connectivity index is 1.30. The average Bonchev–Trinajstić information content (AvgIpc) is 2.65. The van der Waals surface area contributed by atoms with Crippen molar-refractivity contribution in [3.05, 3.63) is 0 Å². The summed E-state index contributed by atoms with van der Waals surface area (Å²) in [7, 11) is -3.15. The number of sulfonamides is 1. The van der Waals surface area contributed by atoms with Gasteiger partial charge in [0.1, 0.15) is 0 Å². The van der Waals surface area contributed by atoms with E-state index in [4.69, 9.17) is 0 Å². The molecule has 5 rings (SSSR count). The standard InChI is InChI=1S/C22H38N2O3S/c1-3-4-9-28(26,27)24-7-5-20(6-8-24)21(25)23-16(2)22-13-17-10-18(14-22)12-19(11-17)15-22/h16-20H,3-15H2,1-2H3,(H,23,25). The molecule has 5 aliphatic rings. The first kappa shape index (κ1) is 20.6. The van der Waals surface area contributed by atoms with Crippen LogP contribution in [-0.4, -0.2) is 43.5 Å². The van der Waals surface area contributed by atoms with E-state index in [2.05, 4.69) is 12.2 Å². The Kier molecular flexibility index (Phi) is 5.82. The van der Waals surface area contributed by atoms with Crippen LogP contribution in [0, 0.1) is 29.1 Å². The summed E-state index contributed by atoms with van der Waals surface area (Å²) in [5.41, 5.74) is 0.328. The van der Waals surface area contributed by atoms with Crippen molar-refractivity contribution < 1.29 is 13.2 Å². The predicted molar refractivity (Wildman–Crippen MR) is 111 cm³/mol. The van der Waals surface area contributed by atoms with E-state index in [1.54, 1.807) is 4.31 Å². The number of rotatable bonds is 7. The van der Waals surface area contributed by atoms with E-state index in [9.17, 15) is 13.2 Å². The second kappa shape index (κ2) is 7.90. The van der Waals surface area contributed by atoms with Crippen LogP contribution in [0.2, 0.25) is 0 Å². The van der Waals surface area contributed by atoms with Crippen molar-refractivity contribution in [2.24, 2.45) is 29.1 Å². The predicted octanol–water partition coefficient (Wildman–Crippen LogP) is 3.55. The molecule has 4 bridgehead atoms. The average molecular weight is 411 g/mol. The van der Waals surface area contributed by atoms with Gasteiger partial charge in [-0.05, 0) is 87.9 Å². The molecule has 0 aromatic carbocycles. The molecule has 4 aliphatic carbocycles. The summed E-state index contributed by atoms with van der Waals surface area (Å²) >= 11 is 0. The summed E-state index contributed by atoms with van der Waals surface area (Å²) in [5, 5.41) is 3.39. The molecule has 1 N–H and O–H groups in total. The normalized spacial score (nSPS) is 37.1. The molecule has 6 heteroatoms. The fourth-order valence-electron chi connectivity index (χ4n) is 7.04. The van der Waals surface area contributed by atoms with Gasteiger partial charge in [0, 0.05) is 25.0 Å². The minimum absolute atomic E-state index is 0.0333. The van der Waals surface area contributed by atoms with E-state index in [0.717, 1.165) is 24.2 Å². The van der Waals surface area contributed by atoms with Crippen molar-refractivity contribution in [3.8, 4) is 0 Å². The van der Waals surface area contributed by atoms with Gasteiger partial charge in [0.2, 0.25) is 15.9 Å². The molecule has 1 saturated heterocycles. The molecule has 0 aromatic rings. The van der Waals surface area contributed by atoms with Crippen molar-refractivity contribution in [1.29, 1.82) is 0 Å². The first-order valence-corrected chi connectivity index (χ1v) is 13.2. The summed E-state index contributed by atoms with van der Waals surface area (Å²) in [6, 6.07) is 0.250. The summed E-state index contributed by atoms with van der Waals surface area (Å²) in [6.07, 6.45) is 11.1. The number of hydrogen-bond donors (Lipinski definition) is 1. The van der Waals surface area contributed by atoms with Gasteiger partial charge in [0.15, 0.2) is 0 Å². The summed E-state index contributed by atoms with van der Waals surface area (Å²) in [4.78, 5) is 13.0. The van der Waals surface area contributed by atoms with E-state index in [1.807, 2.05) is 6.92 Å². The summed E-state index contributed by atoms with van der Waals surface area (Å²) < 4.78 is 26.4. The Morgan fingerprint density at radius 3 is 2.11 bits per heavy atom. The zero-order chi connectivity index (χ0) is 19.9. The van der Waals surface area contributed by atoms with Crippen LogP contribution >= 0.6 is 0 Å². The van der Waals surface area contributed by atoms with Crippen molar-refractivity contribution in [3.63, 3.8) is 0 Å². The second-order valence-corrected chi connectivity index (χ2v) is 12.4. The number of carbonyl (C=O) groups is 1. The topological polar surface area (TPSA) is 66.5 Å². The Morgan fingerprint density at radius 1 is 1.07 bits per heavy atom. The highest BCUT2D eigenvalue weighted by Crippen LogP contribution is 2.61. The number of carbonyl (C=O) groups excluding carboxylic acids is 1. The molecular weight excluding hydrogens is 372 g/mol. The van der Waals surface area contributed by atoms with Crippen LogP contribution in [0.3, 0.4) is 0 Å². The Bertz CT molecular complexity index is 647. The summed E-state index contributed by atoms with van der Waals surface area (Å²) in [5.74, 6) is 3.04. The quantitative estimate of drug-likeness (QED) is 0.698. The molecule has 0 aromatic heterocycles. The molecule has 5 fully saturated rings. The third-order valence-electron chi connectivity index (χ3n) is 8.34. The first-order valence-electron chi connectivity index (χ1n) is 11.6. The van der Waals surface area contributed by atoms with Crippen molar-refractivity contribution in [1.82, 2.24) is 9.62 Å². The third kappa shape index (κ3) is 4.00. The molecule has 1 heterocycles. The molecule has 1 aliphatic heterocycles. The lowest BCUT2D eigenvalue weighted by Crippen LogP contribution is -2.57. The molecule has 160 valence electrons. The van der Waals surface area contributed by atoms with Crippen molar-refractivity contribution in [2.75, 3.05) is 18.8 Å². The highest BCUT2D eigenvalue weighted by atomic mass is 32.2. The van der Waals surface area contributed by atoms with E-state index in [0.29, 0.717) is 37.8 Å². The molecule has 0 spiro atoms. The molecule has 5 nitrogen and oxygen atoms in total. The van der Waals surface area contributed by atoms with Gasteiger partial charge < -0.3 is 5.32 Å². The lowest BCUT2D eigenvalue weighted by molar-refractivity contribution is -0.130. The molecule has 1 unspecified atom stereocenters. The zero-order valence-electron chi connectivity index (χ0n) is 17.7. The Hall–Kier alpha value is -0.620. The van der Waals surface area contributed by atoms with Gasteiger partial charge in [-0.1, -0.05) is 13.3 Å². The van der Waals surface area contributed by atoms with Gasteiger partial charge in [0.05, 0.1) is 5.75 Å². The minimum Gasteiger partial charge on any atom is -0.353 e. The SMILES string of the molecule is CCCCS(=O)(=O)N1CCC(C(=O)NC(C)C23CC4CC(CC(C4)C2)C3)CC1. The van der Waals surface area contributed by atoms with Crippen LogP contribution in [0.4, 0.5) is 0 Å². The molecule has 1 amide bonds. The first-order chi connectivity index (χ1) is 13.3. The lowest BCUT2D eigenvalue weighted by atomic mass is 9.48. The Labute approximate surface area is 171 Å². The second-order valence-electron chi connectivity index (χ2n) is 10.4. The van der Waals surface area contributed by atoms with Gasteiger partial charge in [-0.15, -0.1) is 0 Å². The van der Waals surface area contributed by atoms with Gasteiger partial charge in [-0.3, -0.25) is 4.79 Å². The van der Waals surface area contributed by atoms with Crippen LogP contribution in [0.25, 0.3) is 0 Å². The van der Waals surface area contributed by atoms with E-state index >= 15 is 0 Å². The van der Waals surface area contributed by atoms with Gasteiger partial charge in [-0.25, -0.2) is 12.7 Å². The third-order valence-corrected chi connectivity index (χ3v) is 10.3. The number of nitrogens with one attached hydrogen (secondary N) is 1. The molecule has 0 radical (unpaired) electrons. The monoisotopic (exact) mass is 410 g/mol. The maximum absolute atomic E-state index is 13.0. The van der Waals surface area contributed by atoms with Crippen molar-refractivity contribution >= 4 is 15.9 Å². The molecule has 28 heavy (non-hydrogen) atoms. The zero-order valence-corrected chi connectivity index (χ0v) is 18.5. The molecular formula is C22H38N2O3S. The summed E-state index contributed by atoms with van der Waals surface area (Å²) in [6.45, 7) is 5.23. The van der Waals surface area contributed by atoms with Crippen LogP contribution < -0.4 is 5.32 Å². The maximum atomic E-state index is 13.0. The van der Waals surface area contributed by atoms with Crippen LogP contribution in [0.15, 0.2) is 0 Å². The number of hydrogen-bond acceptors (Lipinski definition) is 3. The van der Waals surface area contributed by atoms with Crippen LogP contribution in [0.5, 0.6) is 0 Å². The highest BCUT2D eigenvalue weighted by molar-refractivity contribution is 7.89. The molecule has 4 saturated carbocycles. The minimum atomic E-state index is -3.15. The largest absolute Gasteiger partial charge is 0.353 e. The maximum Gasteiger partial charge on any atom is 0.223 e. The number of piperidine rings is 1. The van der Waals surface area contributed by atoms with Gasteiger partial charge in [-0.2, -0.15) is 0 Å². The van der Waals surface area contributed by atoms with E-state index in [1.165, 1.54) is 38.5 Å². The Morgan fingerprint density at radius 2 is 1.61 bits per heavy atom. The lowest BCUT2D eigenvalue weighted by Gasteiger charge is -2.59. The van der Waals surface area contributed by atoms with Crippen LogP contribution in [0.1, 0.15) is 78.1 Å². The van der Waals surface area contributed by atoms with Crippen LogP contribution in [-0.2, 0) is 14.8 Å². The molecule has 1 atom stereocenters. The number of amides is 1. The van der Waals surface area contributed by atoms with E-state index < -0.39 is 10.0 Å². The number of unbranched alkanes of at least 4 members (excludes halogenated alkanes) is 1. The fraction of sp³-hybridized carbons (Fsp3) is 0.955.